The highest BCUT2D eigenvalue weighted by atomic mass is 16.5. The van der Waals surface area contributed by atoms with E-state index in [1.54, 1.807) is 7.11 Å². The van der Waals surface area contributed by atoms with E-state index in [1.807, 2.05) is 30.3 Å². The van der Waals surface area contributed by atoms with Crippen LogP contribution in [0, 0.1) is 0 Å². The fourth-order valence-electron chi connectivity index (χ4n) is 2.63. The quantitative estimate of drug-likeness (QED) is 0.691. The van der Waals surface area contributed by atoms with Gasteiger partial charge in [-0.2, -0.15) is 0 Å². The van der Waals surface area contributed by atoms with Crippen LogP contribution in [0.1, 0.15) is 13.8 Å². The van der Waals surface area contributed by atoms with Crippen molar-refractivity contribution in [2.75, 3.05) is 12.0 Å². The van der Waals surface area contributed by atoms with Crippen molar-refractivity contribution in [2.45, 2.75) is 19.9 Å². The molecular weight excluding hydrogens is 272 g/mol. The van der Waals surface area contributed by atoms with Gasteiger partial charge in [-0.15, -0.1) is 0 Å². The Morgan fingerprint density at radius 3 is 2.32 bits per heavy atom. The van der Waals surface area contributed by atoms with Crippen LogP contribution in [0.4, 0.5) is 11.5 Å². The lowest BCUT2D eigenvalue weighted by atomic mass is 10.2. The predicted molar refractivity (Wildman–Crippen MR) is 92.0 cm³/mol. The number of para-hydroxylation sites is 1. The summed E-state index contributed by atoms with van der Waals surface area (Å²) in [6.45, 7) is 4.34. The fraction of sp³-hybridized carbons (Fsp3) is 0.211. The normalized spacial score (nSPS) is 10.9. The average Bonchev–Trinajstić information content (AvgIpc) is 2.55. The Morgan fingerprint density at radius 1 is 0.909 bits per heavy atom. The standard InChI is InChI=1S/C19H20N2O/c1-14(2)21(16-9-11-17(22-3)12-10-16)19-13-8-15-6-4-5-7-18(15)20-19/h4-14H,1-3H3. The number of hydrogen-bond donors (Lipinski definition) is 0. The number of hydrogen-bond acceptors (Lipinski definition) is 3. The first-order valence-corrected chi connectivity index (χ1v) is 7.48. The molecule has 2 aromatic carbocycles. The van der Waals surface area contributed by atoms with Crippen molar-refractivity contribution >= 4 is 22.4 Å². The van der Waals surface area contributed by atoms with Gasteiger partial charge in [0.25, 0.3) is 0 Å². The van der Waals surface area contributed by atoms with Gasteiger partial charge in [-0.1, -0.05) is 18.2 Å². The van der Waals surface area contributed by atoms with Gasteiger partial charge in [0.2, 0.25) is 0 Å². The molecule has 1 heterocycles. The Kier molecular flexibility index (Phi) is 3.96. The van der Waals surface area contributed by atoms with Crippen LogP contribution in [0.15, 0.2) is 60.7 Å². The summed E-state index contributed by atoms with van der Waals surface area (Å²) < 4.78 is 5.24. The molecule has 0 radical (unpaired) electrons. The zero-order chi connectivity index (χ0) is 15.5. The molecular formula is C19H20N2O. The minimum atomic E-state index is 0.307. The number of methoxy groups -OCH3 is 1. The van der Waals surface area contributed by atoms with Gasteiger partial charge in [0.15, 0.2) is 0 Å². The molecule has 112 valence electrons. The third-order valence-electron chi connectivity index (χ3n) is 3.70. The van der Waals surface area contributed by atoms with Crippen molar-refractivity contribution in [1.82, 2.24) is 4.98 Å². The first kappa shape index (κ1) is 14.4. The topological polar surface area (TPSA) is 25.4 Å². The first-order valence-electron chi connectivity index (χ1n) is 7.48. The maximum absolute atomic E-state index is 5.24. The van der Waals surface area contributed by atoms with E-state index < -0.39 is 0 Å². The molecule has 3 aromatic rings. The van der Waals surface area contributed by atoms with E-state index in [9.17, 15) is 0 Å². The molecule has 0 spiro atoms. The lowest BCUT2D eigenvalue weighted by Gasteiger charge is -2.28. The summed E-state index contributed by atoms with van der Waals surface area (Å²) in [4.78, 5) is 7.04. The van der Waals surface area contributed by atoms with Crippen LogP contribution in [0.3, 0.4) is 0 Å². The maximum Gasteiger partial charge on any atom is 0.133 e. The third kappa shape index (κ3) is 2.75. The number of ether oxygens (including phenoxy) is 1. The van der Waals surface area contributed by atoms with Gasteiger partial charge < -0.3 is 9.64 Å². The van der Waals surface area contributed by atoms with Crippen LogP contribution >= 0.6 is 0 Å². The molecule has 3 nitrogen and oxygen atoms in total. The molecule has 0 N–H and O–H groups in total. The Hall–Kier alpha value is -2.55. The second-order valence-corrected chi connectivity index (χ2v) is 5.52. The van der Waals surface area contributed by atoms with Crippen LogP contribution in [-0.4, -0.2) is 18.1 Å². The molecule has 0 fully saturated rings. The summed E-state index contributed by atoms with van der Waals surface area (Å²) in [7, 11) is 1.68. The highest BCUT2D eigenvalue weighted by Crippen LogP contribution is 2.29. The summed E-state index contributed by atoms with van der Waals surface area (Å²) in [5.41, 5.74) is 2.12. The second-order valence-electron chi connectivity index (χ2n) is 5.52. The SMILES string of the molecule is COc1ccc(N(c2ccc3ccccc3n2)C(C)C)cc1. The zero-order valence-corrected chi connectivity index (χ0v) is 13.2. The molecule has 3 heteroatoms. The van der Waals surface area contributed by atoms with Crippen molar-refractivity contribution in [3.8, 4) is 5.75 Å². The number of nitrogens with zero attached hydrogens (tertiary/aromatic N) is 2. The smallest absolute Gasteiger partial charge is 0.133 e. The van der Waals surface area contributed by atoms with Crippen LogP contribution in [0.5, 0.6) is 5.75 Å². The van der Waals surface area contributed by atoms with Gasteiger partial charge >= 0.3 is 0 Å². The molecule has 0 aliphatic heterocycles. The van der Waals surface area contributed by atoms with Crippen molar-refractivity contribution < 1.29 is 4.74 Å². The van der Waals surface area contributed by atoms with E-state index in [-0.39, 0.29) is 0 Å². The highest BCUT2D eigenvalue weighted by Gasteiger charge is 2.14. The van der Waals surface area contributed by atoms with Crippen molar-refractivity contribution in [2.24, 2.45) is 0 Å². The lowest BCUT2D eigenvalue weighted by Crippen LogP contribution is -2.26. The Labute approximate surface area is 131 Å². The molecule has 0 atom stereocenters. The molecule has 3 rings (SSSR count). The Morgan fingerprint density at radius 2 is 1.64 bits per heavy atom. The van der Waals surface area contributed by atoms with Crippen molar-refractivity contribution in [1.29, 1.82) is 0 Å². The summed E-state index contributed by atoms with van der Waals surface area (Å²) >= 11 is 0. The number of rotatable bonds is 4. The largest absolute Gasteiger partial charge is 0.497 e. The monoisotopic (exact) mass is 292 g/mol. The van der Waals surface area contributed by atoms with Crippen LogP contribution in [-0.2, 0) is 0 Å². The molecule has 22 heavy (non-hydrogen) atoms. The van der Waals surface area contributed by atoms with Gasteiger partial charge in [0, 0.05) is 17.1 Å². The average molecular weight is 292 g/mol. The van der Waals surface area contributed by atoms with E-state index in [2.05, 4.69) is 49.1 Å². The summed E-state index contributed by atoms with van der Waals surface area (Å²) in [5, 5.41) is 1.16. The van der Waals surface area contributed by atoms with Gasteiger partial charge in [-0.3, -0.25) is 0 Å². The fourth-order valence-corrected chi connectivity index (χ4v) is 2.63. The zero-order valence-electron chi connectivity index (χ0n) is 13.2. The summed E-state index contributed by atoms with van der Waals surface area (Å²) in [5.74, 6) is 1.82. The van der Waals surface area contributed by atoms with E-state index >= 15 is 0 Å². The summed E-state index contributed by atoms with van der Waals surface area (Å²) in [6.07, 6.45) is 0. The number of pyridine rings is 1. The van der Waals surface area contributed by atoms with E-state index in [4.69, 9.17) is 9.72 Å². The molecule has 0 unspecified atom stereocenters. The van der Waals surface area contributed by atoms with Gasteiger partial charge in [-0.05, 0) is 56.3 Å². The lowest BCUT2D eigenvalue weighted by molar-refractivity contribution is 0.415. The number of fused-ring (bicyclic) bond motifs is 1. The minimum absolute atomic E-state index is 0.307. The van der Waals surface area contributed by atoms with E-state index in [1.165, 1.54) is 0 Å². The van der Waals surface area contributed by atoms with Gasteiger partial charge in [0.05, 0.1) is 12.6 Å². The third-order valence-corrected chi connectivity index (χ3v) is 3.70. The molecule has 1 aromatic heterocycles. The van der Waals surface area contributed by atoms with E-state index in [0.29, 0.717) is 6.04 Å². The second kappa shape index (κ2) is 6.06. The van der Waals surface area contributed by atoms with Crippen LogP contribution in [0.25, 0.3) is 10.9 Å². The van der Waals surface area contributed by atoms with Crippen LogP contribution in [0.2, 0.25) is 0 Å². The Bertz CT molecular complexity index is 766. The predicted octanol–water partition coefficient (Wildman–Crippen LogP) is 4.79. The van der Waals surface area contributed by atoms with Crippen LogP contribution < -0.4 is 9.64 Å². The number of aromatic nitrogens is 1. The summed E-state index contributed by atoms with van der Waals surface area (Å²) in [6, 6.07) is 20.8. The van der Waals surface area contributed by atoms with Crippen molar-refractivity contribution in [3.63, 3.8) is 0 Å². The first-order chi connectivity index (χ1) is 10.7. The number of anilines is 2. The van der Waals surface area contributed by atoms with Crippen molar-refractivity contribution in [3.05, 3.63) is 60.7 Å². The molecule has 0 amide bonds. The molecule has 0 aliphatic carbocycles. The minimum Gasteiger partial charge on any atom is -0.497 e. The Balaban J connectivity index is 2.04. The van der Waals surface area contributed by atoms with Gasteiger partial charge in [-0.25, -0.2) is 4.98 Å². The van der Waals surface area contributed by atoms with E-state index in [0.717, 1.165) is 28.2 Å². The highest BCUT2D eigenvalue weighted by molar-refractivity contribution is 5.81. The molecule has 0 saturated heterocycles. The number of benzene rings is 2. The maximum atomic E-state index is 5.24. The molecule has 0 aliphatic rings. The molecule has 0 saturated carbocycles. The molecule has 0 bridgehead atoms. The van der Waals surface area contributed by atoms with Gasteiger partial charge in [0.1, 0.15) is 11.6 Å².